The van der Waals surface area contributed by atoms with E-state index >= 15 is 0 Å². The highest BCUT2D eigenvalue weighted by Gasteiger charge is 2.58. The van der Waals surface area contributed by atoms with Crippen molar-refractivity contribution in [1.29, 1.82) is 0 Å². The smallest absolute Gasteiger partial charge is 0.0707 e. The maximum atomic E-state index is 6.42. The van der Waals surface area contributed by atoms with E-state index in [0.29, 0.717) is 34.9 Å². The molecule has 4 aliphatic heterocycles. The molecule has 0 bridgehead atoms. The minimum Gasteiger partial charge on any atom is -0.380 e. The third-order valence-corrected chi connectivity index (χ3v) is 9.65. The van der Waals surface area contributed by atoms with Gasteiger partial charge in [0, 0.05) is 54.9 Å². The lowest BCUT2D eigenvalue weighted by Crippen LogP contribution is -2.65. The lowest BCUT2D eigenvalue weighted by Gasteiger charge is -2.58. The molecular weight excluding hydrogens is 412 g/mol. The summed E-state index contributed by atoms with van der Waals surface area (Å²) < 4.78 is 14.3. The summed E-state index contributed by atoms with van der Waals surface area (Å²) in [7, 11) is 0. The molecule has 6 nitrogen and oxygen atoms in total. The summed E-state index contributed by atoms with van der Waals surface area (Å²) in [6, 6.07) is 3.29. The Bertz CT molecular complexity index is 792. The fourth-order valence-electron chi connectivity index (χ4n) is 7.07. The van der Waals surface area contributed by atoms with Crippen molar-refractivity contribution in [2.75, 3.05) is 46.0 Å². The zero-order valence-electron chi connectivity index (χ0n) is 21.6. The van der Waals surface area contributed by atoms with Gasteiger partial charge in [-0.25, -0.2) is 0 Å². The molecule has 5 unspecified atom stereocenters. The Morgan fingerprint density at radius 2 is 1.94 bits per heavy atom. The van der Waals surface area contributed by atoms with Crippen LogP contribution in [0.5, 0.6) is 0 Å². The average Bonchev–Trinajstić information content (AvgIpc) is 3.47. The summed E-state index contributed by atoms with van der Waals surface area (Å²) in [6.45, 7) is 19.5. The Balaban J connectivity index is 1.20. The van der Waals surface area contributed by atoms with E-state index in [1.54, 1.807) is 0 Å². The first-order valence-corrected chi connectivity index (χ1v) is 13.4. The second-order valence-electron chi connectivity index (χ2n) is 12.6. The Kier molecular flexibility index (Phi) is 6.43. The van der Waals surface area contributed by atoms with Crippen molar-refractivity contribution in [2.45, 2.75) is 90.4 Å². The Labute approximate surface area is 201 Å². The molecule has 5 heterocycles. The van der Waals surface area contributed by atoms with Crippen LogP contribution in [0.25, 0.3) is 0 Å². The van der Waals surface area contributed by atoms with Crippen LogP contribution in [-0.2, 0) is 15.0 Å². The van der Waals surface area contributed by atoms with Gasteiger partial charge in [0.2, 0.25) is 0 Å². The molecule has 1 aromatic rings. The number of aromatic nitrogens is 2. The van der Waals surface area contributed by atoms with Crippen LogP contribution in [0.4, 0.5) is 0 Å². The fourth-order valence-corrected chi connectivity index (χ4v) is 7.07. The van der Waals surface area contributed by atoms with Crippen LogP contribution in [0.2, 0.25) is 0 Å². The molecule has 0 N–H and O–H groups in total. The predicted molar refractivity (Wildman–Crippen MR) is 131 cm³/mol. The van der Waals surface area contributed by atoms with Crippen molar-refractivity contribution in [3.63, 3.8) is 0 Å². The van der Waals surface area contributed by atoms with Gasteiger partial charge in [0.25, 0.3) is 0 Å². The van der Waals surface area contributed by atoms with Crippen molar-refractivity contribution in [1.82, 2.24) is 19.6 Å². The van der Waals surface area contributed by atoms with Gasteiger partial charge in [0.1, 0.15) is 0 Å². The van der Waals surface area contributed by atoms with Crippen molar-refractivity contribution < 1.29 is 9.47 Å². The van der Waals surface area contributed by atoms with Gasteiger partial charge in [-0.05, 0) is 78.3 Å². The number of likely N-dealkylation sites (tertiary alicyclic amines) is 2. The van der Waals surface area contributed by atoms with Crippen LogP contribution >= 0.6 is 0 Å². The number of rotatable bonds is 8. The molecule has 6 heteroatoms. The van der Waals surface area contributed by atoms with Gasteiger partial charge >= 0.3 is 0 Å². The van der Waals surface area contributed by atoms with Crippen LogP contribution in [0.1, 0.15) is 66.7 Å². The lowest BCUT2D eigenvalue weighted by molar-refractivity contribution is -0.238. The molecule has 0 radical (unpaired) electrons. The molecule has 0 amide bonds. The summed E-state index contributed by atoms with van der Waals surface area (Å²) >= 11 is 0. The molecule has 5 rings (SSSR count). The van der Waals surface area contributed by atoms with Crippen LogP contribution in [0, 0.1) is 16.7 Å². The number of hydrogen-bond acceptors (Lipinski definition) is 5. The first-order chi connectivity index (χ1) is 15.8. The lowest BCUT2D eigenvalue weighted by atomic mass is 9.64. The molecular formula is C27H46N4O2. The van der Waals surface area contributed by atoms with Crippen LogP contribution in [0.15, 0.2) is 18.5 Å². The minimum atomic E-state index is 0.0674. The van der Waals surface area contributed by atoms with Crippen molar-refractivity contribution in [2.24, 2.45) is 16.7 Å². The molecule has 0 aliphatic carbocycles. The highest BCUT2D eigenvalue weighted by atomic mass is 16.5. The molecule has 4 saturated heterocycles. The monoisotopic (exact) mass is 458 g/mol. The highest BCUT2D eigenvalue weighted by molar-refractivity contribution is 5.08. The largest absolute Gasteiger partial charge is 0.380 e. The van der Waals surface area contributed by atoms with E-state index in [4.69, 9.17) is 9.47 Å². The van der Waals surface area contributed by atoms with Gasteiger partial charge in [-0.15, -0.1) is 0 Å². The van der Waals surface area contributed by atoms with Crippen LogP contribution < -0.4 is 0 Å². The standard InChI is InChI=1S/C27H46N4O2/c1-6-21(2)30-15-23(14-26(16-30)18-32-19-26)24-27(20-33-24)10-13-29(17-27)22(3)8-9-25(4,5)31-12-7-11-28-31/h7,11-12,21-24H,6,8-10,13-20H2,1-5H3. The normalized spacial score (nSPS) is 34.3. The number of nitrogens with zero attached hydrogens (tertiary/aromatic N) is 4. The molecule has 4 aliphatic rings. The van der Waals surface area contributed by atoms with Gasteiger partial charge in [0.15, 0.2) is 0 Å². The van der Waals surface area contributed by atoms with E-state index in [-0.39, 0.29) is 5.54 Å². The molecule has 5 atom stereocenters. The van der Waals surface area contributed by atoms with E-state index in [1.165, 1.54) is 51.9 Å². The molecule has 2 spiro atoms. The van der Waals surface area contributed by atoms with Gasteiger partial charge in [-0.1, -0.05) is 6.92 Å². The SMILES string of the molecule is CCC(C)N1CC(C2OCC23CCN(C(C)CCC(C)(C)n2cccn2)C3)CC2(COC2)C1. The maximum Gasteiger partial charge on any atom is 0.0707 e. The quantitative estimate of drug-likeness (QED) is 0.589. The summed E-state index contributed by atoms with van der Waals surface area (Å²) in [5.41, 5.74) is 0.828. The second kappa shape index (κ2) is 8.92. The van der Waals surface area contributed by atoms with E-state index in [1.807, 2.05) is 12.3 Å². The second-order valence-corrected chi connectivity index (χ2v) is 12.6. The Hall–Kier alpha value is -0.950. The Morgan fingerprint density at radius 1 is 1.12 bits per heavy atom. The molecule has 1 aromatic heterocycles. The fraction of sp³-hybridized carbons (Fsp3) is 0.889. The molecule has 186 valence electrons. The third kappa shape index (κ3) is 4.41. The molecule has 4 fully saturated rings. The van der Waals surface area contributed by atoms with Gasteiger partial charge in [0.05, 0.1) is 31.5 Å². The number of hydrogen-bond donors (Lipinski definition) is 0. The van der Waals surface area contributed by atoms with E-state index < -0.39 is 0 Å². The minimum absolute atomic E-state index is 0.0674. The predicted octanol–water partition coefficient (Wildman–Crippen LogP) is 4.01. The number of piperidine rings is 1. The van der Waals surface area contributed by atoms with Gasteiger partial charge in [-0.2, -0.15) is 5.10 Å². The summed E-state index contributed by atoms with van der Waals surface area (Å²) in [4.78, 5) is 5.50. The Morgan fingerprint density at radius 3 is 2.55 bits per heavy atom. The maximum absolute atomic E-state index is 6.42. The molecule has 0 saturated carbocycles. The molecule has 0 aromatic carbocycles. The topological polar surface area (TPSA) is 42.8 Å². The average molecular weight is 459 g/mol. The van der Waals surface area contributed by atoms with Gasteiger partial charge < -0.3 is 9.47 Å². The van der Waals surface area contributed by atoms with Crippen molar-refractivity contribution in [3.05, 3.63) is 18.5 Å². The zero-order chi connectivity index (χ0) is 23.3. The van der Waals surface area contributed by atoms with E-state index in [9.17, 15) is 0 Å². The van der Waals surface area contributed by atoms with Crippen LogP contribution in [0.3, 0.4) is 0 Å². The number of ether oxygens (including phenoxy) is 2. The van der Waals surface area contributed by atoms with E-state index in [0.717, 1.165) is 26.2 Å². The van der Waals surface area contributed by atoms with Crippen LogP contribution in [-0.4, -0.2) is 83.8 Å². The summed E-state index contributed by atoms with van der Waals surface area (Å²) in [6.07, 6.45) is 10.6. The summed E-state index contributed by atoms with van der Waals surface area (Å²) in [5.74, 6) is 0.652. The first-order valence-electron chi connectivity index (χ1n) is 13.4. The summed E-state index contributed by atoms with van der Waals surface area (Å²) in [5, 5.41) is 4.49. The third-order valence-electron chi connectivity index (χ3n) is 9.65. The van der Waals surface area contributed by atoms with E-state index in [2.05, 4.69) is 60.4 Å². The first kappa shape index (κ1) is 23.8. The van der Waals surface area contributed by atoms with Crippen molar-refractivity contribution >= 4 is 0 Å². The van der Waals surface area contributed by atoms with Gasteiger partial charge in [-0.3, -0.25) is 14.5 Å². The zero-order valence-corrected chi connectivity index (χ0v) is 21.6. The highest BCUT2D eigenvalue weighted by Crippen LogP contribution is 2.52. The van der Waals surface area contributed by atoms with Crippen molar-refractivity contribution in [3.8, 4) is 0 Å². The molecule has 33 heavy (non-hydrogen) atoms.